The first-order valence-corrected chi connectivity index (χ1v) is 10.0. The van der Waals surface area contributed by atoms with Gasteiger partial charge in [0.05, 0.1) is 6.61 Å². The van der Waals surface area contributed by atoms with Crippen LogP contribution in [0.5, 0.6) is 5.75 Å². The third-order valence-corrected chi connectivity index (χ3v) is 5.13. The maximum Gasteiger partial charge on any atom is 0.127 e. The highest BCUT2D eigenvalue weighted by atomic mass is 79.9. The molecule has 0 aliphatic heterocycles. The number of ether oxygens (including phenoxy) is 1. The second-order valence-electron chi connectivity index (χ2n) is 5.93. The average Bonchev–Trinajstić information content (AvgIpc) is 2.63. The van der Waals surface area contributed by atoms with Crippen LogP contribution in [0.1, 0.15) is 19.8 Å². The summed E-state index contributed by atoms with van der Waals surface area (Å²) in [5.41, 5.74) is 4.65. The van der Waals surface area contributed by atoms with Crippen molar-refractivity contribution < 1.29 is 4.74 Å². The third-order valence-electron chi connectivity index (χ3n) is 4.07. The Kier molecular flexibility index (Phi) is 6.33. The molecule has 0 amide bonds. The van der Waals surface area contributed by atoms with Crippen molar-refractivity contribution in [3.8, 4) is 28.0 Å². The van der Waals surface area contributed by atoms with Gasteiger partial charge >= 0.3 is 0 Å². The highest BCUT2D eigenvalue weighted by Gasteiger charge is 2.09. The van der Waals surface area contributed by atoms with Gasteiger partial charge in [0, 0.05) is 14.5 Å². The molecule has 0 aliphatic rings. The van der Waals surface area contributed by atoms with Crippen LogP contribution < -0.4 is 4.74 Å². The third kappa shape index (κ3) is 4.74. The molecule has 3 aromatic carbocycles. The summed E-state index contributed by atoms with van der Waals surface area (Å²) in [6.07, 6.45) is 2.18. The fourth-order valence-electron chi connectivity index (χ4n) is 2.66. The average molecular weight is 460 g/mol. The molecule has 0 atom stereocenters. The summed E-state index contributed by atoms with van der Waals surface area (Å²) in [6.45, 7) is 2.92. The second-order valence-corrected chi connectivity index (χ2v) is 7.76. The highest BCUT2D eigenvalue weighted by Crippen LogP contribution is 2.35. The van der Waals surface area contributed by atoms with E-state index in [-0.39, 0.29) is 0 Å². The van der Waals surface area contributed by atoms with E-state index >= 15 is 0 Å². The zero-order chi connectivity index (χ0) is 17.6. The fraction of sp³-hybridized carbons (Fsp3) is 0.182. The van der Waals surface area contributed by atoms with Gasteiger partial charge in [0.15, 0.2) is 0 Å². The van der Waals surface area contributed by atoms with Gasteiger partial charge in [-0.15, -0.1) is 0 Å². The van der Waals surface area contributed by atoms with E-state index in [1.165, 1.54) is 11.1 Å². The van der Waals surface area contributed by atoms with Crippen molar-refractivity contribution in [1.82, 2.24) is 0 Å². The molecule has 128 valence electrons. The lowest BCUT2D eigenvalue weighted by Gasteiger charge is -2.14. The Hall–Kier alpha value is -1.58. The van der Waals surface area contributed by atoms with Gasteiger partial charge in [-0.05, 0) is 53.4 Å². The first kappa shape index (κ1) is 18.2. The van der Waals surface area contributed by atoms with Crippen molar-refractivity contribution in [2.75, 3.05) is 6.61 Å². The van der Waals surface area contributed by atoms with Crippen LogP contribution in [0.4, 0.5) is 0 Å². The second kappa shape index (κ2) is 8.68. The molecule has 3 rings (SSSR count). The van der Waals surface area contributed by atoms with E-state index in [1.807, 2.05) is 0 Å². The molecule has 0 spiro atoms. The van der Waals surface area contributed by atoms with E-state index in [2.05, 4.69) is 106 Å². The van der Waals surface area contributed by atoms with Gasteiger partial charge in [0.25, 0.3) is 0 Å². The molecule has 0 aliphatic carbocycles. The van der Waals surface area contributed by atoms with E-state index in [0.29, 0.717) is 0 Å². The maximum atomic E-state index is 6.13. The van der Waals surface area contributed by atoms with Crippen LogP contribution in [0.2, 0.25) is 0 Å². The lowest BCUT2D eigenvalue weighted by Crippen LogP contribution is -1.98. The molecule has 3 aromatic rings. The standard InChI is InChI=1S/C22H20Br2O/c1-2-3-14-25-22-15-18(16-4-9-19(23)10-5-16)8-13-21(22)17-6-11-20(24)12-7-17/h4-13,15H,2-3,14H2,1H3. The van der Waals surface area contributed by atoms with Gasteiger partial charge in [-0.3, -0.25) is 0 Å². The summed E-state index contributed by atoms with van der Waals surface area (Å²) in [6, 6.07) is 23.2. The summed E-state index contributed by atoms with van der Waals surface area (Å²) in [4.78, 5) is 0. The number of benzene rings is 3. The van der Waals surface area contributed by atoms with E-state index in [1.54, 1.807) is 0 Å². The summed E-state index contributed by atoms with van der Waals surface area (Å²) in [5, 5.41) is 0. The van der Waals surface area contributed by atoms with Gasteiger partial charge in [-0.25, -0.2) is 0 Å². The number of halogens is 2. The van der Waals surface area contributed by atoms with Gasteiger partial charge in [0.2, 0.25) is 0 Å². The highest BCUT2D eigenvalue weighted by molar-refractivity contribution is 9.10. The monoisotopic (exact) mass is 458 g/mol. The summed E-state index contributed by atoms with van der Waals surface area (Å²) in [7, 11) is 0. The van der Waals surface area contributed by atoms with Crippen molar-refractivity contribution in [3.63, 3.8) is 0 Å². The van der Waals surface area contributed by atoms with E-state index < -0.39 is 0 Å². The minimum atomic E-state index is 0.740. The molecule has 0 saturated heterocycles. The molecule has 0 heterocycles. The van der Waals surface area contributed by atoms with Crippen LogP contribution >= 0.6 is 31.9 Å². The molecular weight excluding hydrogens is 440 g/mol. The number of hydrogen-bond donors (Lipinski definition) is 0. The Balaban J connectivity index is 1.99. The Morgan fingerprint density at radius 3 is 1.88 bits per heavy atom. The van der Waals surface area contributed by atoms with Crippen molar-refractivity contribution in [2.24, 2.45) is 0 Å². The molecule has 0 bridgehead atoms. The van der Waals surface area contributed by atoms with Crippen molar-refractivity contribution >= 4 is 31.9 Å². The van der Waals surface area contributed by atoms with Crippen molar-refractivity contribution in [3.05, 3.63) is 75.7 Å². The fourth-order valence-corrected chi connectivity index (χ4v) is 3.19. The molecule has 0 unspecified atom stereocenters. The van der Waals surface area contributed by atoms with Gasteiger partial charge in [-0.2, -0.15) is 0 Å². The van der Waals surface area contributed by atoms with E-state index in [9.17, 15) is 0 Å². The topological polar surface area (TPSA) is 9.23 Å². The van der Waals surface area contributed by atoms with Crippen LogP contribution in [0.3, 0.4) is 0 Å². The Bertz CT molecular complexity index is 824. The smallest absolute Gasteiger partial charge is 0.127 e. The predicted octanol–water partition coefficient (Wildman–Crippen LogP) is 7.72. The quantitative estimate of drug-likeness (QED) is 0.342. The lowest BCUT2D eigenvalue weighted by molar-refractivity contribution is 0.311. The zero-order valence-electron chi connectivity index (χ0n) is 14.1. The first-order chi connectivity index (χ1) is 12.2. The van der Waals surface area contributed by atoms with E-state index in [4.69, 9.17) is 4.74 Å². The van der Waals surface area contributed by atoms with Crippen LogP contribution in [0.15, 0.2) is 75.7 Å². The molecule has 0 aromatic heterocycles. The molecule has 25 heavy (non-hydrogen) atoms. The van der Waals surface area contributed by atoms with Crippen molar-refractivity contribution in [1.29, 1.82) is 0 Å². The lowest BCUT2D eigenvalue weighted by atomic mass is 9.99. The van der Waals surface area contributed by atoms with Gasteiger partial charge in [0.1, 0.15) is 5.75 Å². The molecular formula is C22H20Br2O. The normalized spacial score (nSPS) is 10.7. The molecule has 3 heteroatoms. The van der Waals surface area contributed by atoms with Crippen molar-refractivity contribution in [2.45, 2.75) is 19.8 Å². The largest absolute Gasteiger partial charge is 0.493 e. The minimum Gasteiger partial charge on any atom is -0.493 e. The van der Waals surface area contributed by atoms with Gasteiger partial charge < -0.3 is 4.74 Å². The SMILES string of the molecule is CCCCOc1cc(-c2ccc(Br)cc2)ccc1-c1ccc(Br)cc1. The van der Waals surface area contributed by atoms with Crippen LogP contribution in [0.25, 0.3) is 22.3 Å². The Morgan fingerprint density at radius 1 is 0.720 bits per heavy atom. The summed E-state index contributed by atoms with van der Waals surface area (Å²) in [5.74, 6) is 0.941. The number of hydrogen-bond acceptors (Lipinski definition) is 1. The molecule has 0 radical (unpaired) electrons. The van der Waals surface area contributed by atoms with Gasteiger partial charge in [-0.1, -0.05) is 81.6 Å². The maximum absolute atomic E-state index is 6.13. The zero-order valence-corrected chi connectivity index (χ0v) is 17.3. The van der Waals surface area contributed by atoms with E-state index in [0.717, 1.165) is 45.3 Å². The molecule has 0 saturated carbocycles. The molecule has 1 nitrogen and oxygen atoms in total. The van der Waals surface area contributed by atoms with Crippen LogP contribution in [-0.2, 0) is 0 Å². The first-order valence-electron chi connectivity index (χ1n) is 8.46. The molecule has 0 fully saturated rings. The summed E-state index contributed by atoms with van der Waals surface area (Å²) < 4.78 is 8.29. The summed E-state index contributed by atoms with van der Waals surface area (Å²) >= 11 is 6.99. The predicted molar refractivity (Wildman–Crippen MR) is 113 cm³/mol. The molecule has 0 N–H and O–H groups in total. The van der Waals surface area contributed by atoms with Crippen LogP contribution in [0, 0.1) is 0 Å². The number of rotatable bonds is 6. The Labute approximate surface area is 166 Å². The minimum absolute atomic E-state index is 0.740. The Morgan fingerprint density at radius 2 is 1.28 bits per heavy atom. The number of unbranched alkanes of at least 4 members (excludes halogenated alkanes) is 1. The van der Waals surface area contributed by atoms with Crippen LogP contribution in [-0.4, -0.2) is 6.61 Å².